The van der Waals surface area contributed by atoms with Crippen LogP contribution in [0.4, 0.5) is 0 Å². The number of aromatic amines is 1. The first-order valence-electron chi connectivity index (χ1n) is 8.23. The fourth-order valence-corrected chi connectivity index (χ4v) is 4.04. The van der Waals surface area contributed by atoms with E-state index in [2.05, 4.69) is 34.6 Å². The topological polar surface area (TPSA) is 62.0 Å². The molecule has 2 unspecified atom stereocenters. The van der Waals surface area contributed by atoms with Crippen LogP contribution >= 0.6 is 0 Å². The molecule has 1 heterocycles. The predicted octanol–water partition coefficient (Wildman–Crippen LogP) is 2.29. The van der Waals surface area contributed by atoms with E-state index in [1.54, 1.807) is 12.3 Å². The number of carbonyl (C=O) groups is 1. The van der Waals surface area contributed by atoms with Crippen molar-refractivity contribution in [3.63, 3.8) is 0 Å². The Balaban J connectivity index is 1.46. The molecule has 0 aliphatic heterocycles. The van der Waals surface area contributed by atoms with E-state index in [0.717, 1.165) is 24.8 Å². The van der Waals surface area contributed by atoms with Gasteiger partial charge < -0.3 is 10.3 Å². The summed E-state index contributed by atoms with van der Waals surface area (Å²) in [5, 5.41) is 3.02. The first-order chi connectivity index (χ1) is 11.2. The first kappa shape index (κ1) is 14.2. The predicted molar refractivity (Wildman–Crippen MR) is 88.1 cm³/mol. The van der Waals surface area contributed by atoms with Gasteiger partial charge in [0.05, 0.1) is 0 Å². The van der Waals surface area contributed by atoms with Gasteiger partial charge in [-0.1, -0.05) is 30.3 Å². The molecule has 2 N–H and O–H groups in total. The minimum absolute atomic E-state index is 0.0733. The number of H-pyrrole nitrogens is 1. The van der Waals surface area contributed by atoms with Gasteiger partial charge in [-0.15, -0.1) is 0 Å². The Kier molecular flexibility index (Phi) is 3.33. The number of nitrogens with one attached hydrogen (secondary N) is 2. The molecule has 4 nitrogen and oxygen atoms in total. The fourth-order valence-electron chi connectivity index (χ4n) is 4.04. The van der Waals surface area contributed by atoms with Crippen LogP contribution in [0.5, 0.6) is 0 Å². The molecule has 2 aliphatic carbocycles. The molecule has 4 rings (SSSR count). The SMILES string of the molecule is O=C(NCc1ccc(=O)[nH]c1)C1CC12CCCc1ccccc12. The number of fused-ring (bicyclic) bond motifs is 2. The average molecular weight is 308 g/mol. The second kappa shape index (κ2) is 5.37. The summed E-state index contributed by atoms with van der Waals surface area (Å²) in [6, 6.07) is 11.8. The van der Waals surface area contributed by atoms with Gasteiger partial charge in [0.15, 0.2) is 0 Å². The van der Waals surface area contributed by atoms with E-state index in [1.165, 1.54) is 23.6 Å². The van der Waals surface area contributed by atoms with Crippen LogP contribution in [0.15, 0.2) is 47.4 Å². The van der Waals surface area contributed by atoms with E-state index in [-0.39, 0.29) is 22.8 Å². The molecule has 4 heteroatoms. The van der Waals surface area contributed by atoms with Gasteiger partial charge in [0.2, 0.25) is 11.5 Å². The molecule has 2 aliphatic rings. The van der Waals surface area contributed by atoms with Crippen LogP contribution in [-0.4, -0.2) is 10.9 Å². The summed E-state index contributed by atoms with van der Waals surface area (Å²) in [6.07, 6.45) is 6.02. The number of amides is 1. The highest BCUT2D eigenvalue weighted by atomic mass is 16.2. The Morgan fingerprint density at radius 3 is 2.96 bits per heavy atom. The van der Waals surface area contributed by atoms with E-state index in [9.17, 15) is 9.59 Å². The second-order valence-electron chi connectivity index (χ2n) is 6.70. The van der Waals surface area contributed by atoms with Crippen molar-refractivity contribution in [2.24, 2.45) is 5.92 Å². The maximum Gasteiger partial charge on any atom is 0.247 e. The number of pyridine rings is 1. The van der Waals surface area contributed by atoms with Crippen molar-refractivity contribution in [2.75, 3.05) is 0 Å². The van der Waals surface area contributed by atoms with Crippen molar-refractivity contribution in [1.82, 2.24) is 10.3 Å². The lowest BCUT2D eigenvalue weighted by Crippen LogP contribution is -2.30. The molecule has 1 spiro atoms. The maximum absolute atomic E-state index is 12.5. The number of benzene rings is 1. The molecule has 2 aromatic rings. The van der Waals surface area contributed by atoms with Gasteiger partial charge in [0.25, 0.3) is 0 Å². The summed E-state index contributed by atoms with van der Waals surface area (Å²) in [5.41, 5.74) is 3.66. The van der Waals surface area contributed by atoms with Crippen LogP contribution in [0.25, 0.3) is 0 Å². The van der Waals surface area contributed by atoms with Gasteiger partial charge in [-0.3, -0.25) is 9.59 Å². The van der Waals surface area contributed by atoms with E-state index < -0.39 is 0 Å². The Morgan fingerprint density at radius 2 is 2.13 bits per heavy atom. The summed E-state index contributed by atoms with van der Waals surface area (Å²) in [4.78, 5) is 26.2. The Morgan fingerprint density at radius 1 is 1.26 bits per heavy atom. The van der Waals surface area contributed by atoms with Crippen molar-refractivity contribution in [3.8, 4) is 0 Å². The monoisotopic (exact) mass is 308 g/mol. The lowest BCUT2D eigenvalue weighted by molar-refractivity contribution is -0.123. The first-order valence-corrected chi connectivity index (χ1v) is 8.23. The average Bonchev–Trinajstić information content (AvgIpc) is 3.29. The van der Waals surface area contributed by atoms with E-state index in [4.69, 9.17) is 0 Å². The molecule has 0 radical (unpaired) electrons. The molecule has 2 atom stereocenters. The van der Waals surface area contributed by atoms with Gasteiger partial charge in [0.1, 0.15) is 0 Å². The summed E-state index contributed by atoms with van der Waals surface area (Å²) < 4.78 is 0. The highest BCUT2D eigenvalue weighted by molar-refractivity contribution is 5.84. The molecule has 1 amide bonds. The molecular formula is C19H20N2O2. The van der Waals surface area contributed by atoms with Gasteiger partial charge in [-0.2, -0.15) is 0 Å². The van der Waals surface area contributed by atoms with E-state index in [1.807, 2.05) is 0 Å². The number of hydrogen-bond donors (Lipinski definition) is 2. The van der Waals surface area contributed by atoms with Crippen LogP contribution in [0, 0.1) is 5.92 Å². The third-order valence-corrected chi connectivity index (χ3v) is 5.33. The number of aryl methyl sites for hydroxylation is 1. The quantitative estimate of drug-likeness (QED) is 0.914. The molecule has 0 saturated heterocycles. The minimum Gasteiger partial charge on any atom is -0.352 e. The van der Waals surface area contributed by atoms with Crippen molar-refractivity contribution >= 4 is 5.91 Å². The number of hydrogen-bond acceptors (Lipinski definition) is 2. The van der Waals surface area contributed by atoms with Crippen molar-refractivity contribution in [1.29, 1.82) is 0 Å². The van der Waals surface area contributed by atoms with Gasteiger partial charge >= 0.3 is 0 Å². The van der Waals surface area contributed by atoms with E-state index in [0.29, 0.717) is 6.54 Å². The largest absolute Gasteiger partial charge is 0.352 e. The van der Waals surface area contributed by atoms with Crippen molar-refractivity contribution < 1.29 is 4.79 Å². The Labute approximate surface area is 134 Å². The summed E-state index contributed by atoms with van der Waals surface area (Å²) in [7, 11) is 0. The molecule has 0 bridgehead atoms. The molecule has 1 saturated carbocycles. The standard InChI is InChI=1S/C19H20N2O2/c22-17-8-7-13(11-20-17)12-21-18(23)16-10-19(16)9-3-5-14-4-1-2-6-15(14)19/h1-2,4,6-8,11,16H,3,5,9-10,12H2,(H,20,22)(H,21,23). The van der Waals surface area contributed by atoms with Gasteiger partial charge in [-0.05, 0) is 42.4 Å². The third kappa shape index (κ3) is 2.48. The van der Waals surface area contributed by atoms with Crippen LogP contribution in [-0.2, 0) is 23.2 Å². The van der Waals surface area contributed by atoms with Crippen molar-refractivity contribution in [2.45, 2.75) is 37.6 Å². The molecular weight excluding hydrogens is 288 g/mol. The lowest BCUT2D eigenvalue weighted by Gasteiger charge is -2.26. The van der Waals surface area contributed by atoms with Crippen LogP contribution in [0.3, 0.4) is 0 Å². The van der Waals surface area contributed by atoms with Gasteiger partial charge in [0, 0.05) is 30.1 Å². The van der Waals surface area contributed by atoms with Gasteiger partial charge in [-0.25, -0.2) is 0 Å². The highest BCUT2D eigenvalue weighted by Gasteiger charge is 2.59. The Hall–Kier alpha value is -2.36. The number of carbonyl (C=O) groups excluding carboxylic acids is 1. The molecule has 23 heavy (non-hydrogen) atoms. The maximum atomic E-state index is 12.5. The molecule has 1 aromatic carbocycles. The zero-order chi connectivity index (χ0) is 15.9. The minimum atomic E-state index is -0.125. The third-order valence-electron chi connectivity index (χ3n) is 5.33. The molecule has 118 valence electrons. The summed E-state index contributed by atoms with van der Waals surface area (Å²) in [6.45, 7) is 0.462. The lowest BCUT2D eigenvalue weighted by atomic mass is 9.78. The van der Waals surface area contributed by atoms with Crippen molar-refractivity contribution in [3.05, 3.63) is 69.6 Å². The Bertz CT molecular complexity index is 791. The zero-order valence-corrected chi connectivity index (χ0v) is 13.0. The highest BCUT2D eigenvalue weighted by Crippen LogP contribution is 2.60. The van der Waals surface area contributed by atoms with Crippen LogP contribution < -0.4 is 10.9 Å². The van der Waals surface area contributed by atoms with E-state index >= 15 is 0 Å². The number of aromatic nitrogens is 1. The summed E-state index contributed by atoms with van der Waals surface area (Å²) >= 11 is 0. The smallest absolute Gasteiger partial charge is 0.247 e. The summed E-state index contributed by atoms with van der Waals surface area (Å²) in [5.74, 6) is 0.222. The zero-order valence-electron chi connectivity index (χ0n) is 13.0. The van der Waals surface area contributed by atoms with Crippen LogP contribution in [0.1, 0.15) is 36.0 Å². The fraction of sp³-hybridized carbons (Fsp3) is 0.368. The number of rotatable bonds is 3. The second-order valence-corrected chi connectivity index (χ2v) is 6.70. The molecule has 1 fully saturated rings. The molecule has 1 aromatic heterocycles. The normalized spacial score (nSPS) is 25.0. The van der Waals surface area contributed by atoms with Crippen LogP contribution in [0.2, 0.25) is 0 Å².